The lowest BCUT2D eigenvalue weighted by Gasteiger charge is -2.08. The molecule has 26 heavy (non-hydrogen) atoms. The Labute approximate surface area is 162 Å². The van der Waals surface area contributed by atoms with Gasteiger partial charge >= 0.3 is 5.97 Å². The van der Waals surface area contributed by atoms with E-state index in [1.165, 1.54) is 36.4 Å². The normalized spacial score (nSPS) is 11.1. The van der Waals surface area contributed by atoms with E-state index in [-0.39, 0.29) is 37.9 Å². The van der Waals surface area contributed by atoms with Crippen molar-refractivity contribution in [1.82, 2.24) is 0 Å². The van der Waals surface area contributed by atoms with Crippen LogP contribution in [0.4, 0.5) is 5.69 Å². The Hall–Kier alpha value is -2.55. The third kappa shape index (κ3) is 5.22. The molecule has 2 aromatic carbocycles. The molecule has 0 heterocycles. The Morgan fingerprint density at radius 2 is 1.85 bits per heavy atom. The molecule has 2 aromatic rings. The van der Waals surface area contributed by atoms with Crippen LogP contribution in [-0.2, 0) is 9.63 Å². The summed E-state index contributed by atoms with van der Waals surface area (Å²) in [6.07, 6.45) is 0. The first kappa shape index (κ1) is 19.8. The third-order valence-corrected chi connectivity index (χ3v) is 3.94. The Morgan fingerprint density at radius 1 is 1.15 bits per heavy atom. The van der Waals surface area contributed by atoms with Crippen LogP contribution in [0.3, 0.4) is 0 Å². The molecular weight excluding hydrogens is 409 g/mol. The molecule has 0 spiro atoms. The maximum Gasteiger partial charge on any atom is 0.372 e. The topological polar surface area (TPSA) is 117 Å². The van der Waals surface area contributed by atoms with Crippen LogP contribution < -0.4 is 10.5 Å². The van der Waals surface area contributed by atoms with Crippen LogP contribution in [0.1, 0.15) is 5.56 Å². The zero-order valence-corrected chi connectivity index (χ0v) is 15.1. The summed E-state index contributed by atoms with van der Waals surface area (Å²) in [5.74, 6) is -0.955. The van der Waals surface area contributed by atoms with E-state index in [9.17, 15) is 14.9 Å². The molecule has 136 valence electrons. The molecule has 0 bridgehead atoms. The second kappa shape index (κ2) is 8.70. The molecule has 2 N–H and O–H groups in total. The summed E-state index contributed by atoms with van der Waals surface area (Å²) in [5, 5.41) is 14.7. The van der Waals surface area contributed by atoms with Gasteiger partial charge < -0.3 is 15.3 Å². The number of hydrogen-bond donors (Lipinski definition) is 1. The number of non-ortho nitro benzene ring substituents is 1. The highest BCUT2D eigenvalue weighted by atomic mass is 35.5. The molecule has 0 aromatic heterocycles. The molecule has 0 saturated heterocycles. The standard InChI is InChI=1S/C15H10Cl3N3O5/c16-10-5-12(18)13(6-11(10)17)25-7-14(22)26-20-15(19)8-2-1-3-9(4-8)21(23)24/h1-6H,7H2,(H2,19,20). The second-order valence-corrected chi connectivity index (χ2v) is 5.95. The molecule has 0 fully saturated rings. The fourth-order valence-electron chi connectivity index (χ4n) is 1.71. The molecule has 0 aliphatic rings. The van der Waals surface area contributed by atoms with Gasteiger partial charge in [0.05, 0.1) is 20.0 Å². The highest BCUT2D eigenvalue weighted by Gasteiger charge is 2.12. The Bertz CT molecular complexity index is 889. The number of hydrogen-bond acceptors (Lipinski definition) is 6. The first-order chi connectivity index (χ1) is 12.3. The second-order valence-electron chi connectivity index (χ2n) is 4.73. The van der Waals surface area contributed by atoms with Crippen molar-refractivity contribution in [3.05, 3.63) is 67.1 Å². The number of amidine groups is 1. The minimum atomic E-state index is -0.875. The number of nitrogens with zero attached hydrogens (tertiary/aromatic N) is 2. The van der Waals surface area contributed by atoms with Crippen molar-refractivity contribution in [2.75, 3.05) is 6.61 Å². The van der Waals surface area contributed by atoms with E-state index in [2.05, 4.69) is 9.99 Å². The molecule has 0 aliphatic carbocycles. The number of rotatable bonds is 6. The van der Waals surface area contributed by atoms with E-state index in [0.29, 0.717) is 0 Å². The van der Waals surface area contributed by atoms with Gasteiger partial charge in [-0.2, -0.15) is 0 Å². The maximum absolute atomic E-state index is 11.7. The number of nitrogens with two attached hydrogens (primary N) is 1. The summed E-state index contributed by atoms with van der Waals surface area (Å²) in [6, 6.07) is 8.10. The highest BCUT2D eigenvalue weighted by Crippen LogP contribution is 2.33. The Morgan fingerprint density at radius 3 is 2.54 bits per heavy atom. The van der Waals surface area contributed by atoms with Gasteiger partial charge in [-0.15, -0.1) is 0 Å². The van der Waals surface area contributed by atoms with Crippen LogP contribution in [0.5, 0.6) is 5.75 Å². The lowest BCUT2D eigenvalue weighted by Crippen LogP contribution is -2.18. The van der Waals surface area contributed by atoms with E-state index < -0.39 is 17.5 Å². The van der Waals surface area contributed by atoms with E-state index in [4.69, 9.17) is 45.3 Å². The number of carbonyl (C=O) groups is 1. The van der Waals surface area contributed by atoms with E-state index in [1.807, 2.05) is 0 Å². The summed E-state index contributed by atoms with van der Waals surface area (Å²) in [7, 11) is 0. The lowest BCUT2D eigenvalue weighted by atomic mass is 10.2. The van der Waals surface area contributed by atoms with Gasteiger partial charge in [-0.05, 0) is 6.07 Å². The van der Waals surface area contributed by atoms with Gasteiger partial charge in [0.25, 0.3) is 5.69 Å². The summed E-state index contributed by atoms with van der Waals surface area (Å²) >= 11 is 17.5. The fourth-order valence-corrected chi connectivity index (χ4v) is 2.30. The minimum absolute atomic E-state index is 0.133. The molecule has 0 radical (unpaired) electrons. The van der Waals surface area contributed by atoms with Gasteiger partial charge in [-0.25, -0.2) is 4.79 Å². The molecule has 8 nitrogen and oxygen atoms in total. The van der Waals surface area contributed by atoms with Crippen LogP contribution in [0.2, 0.25) is 15.1 Å². The Balaban J connectivity index is 1.97. The molecule has 0 aliphatic heterocycles. The smallest absolute Gasteiger partial charge is 0.372 e. The summed E-state index contributed by atoms with van der Waals surface area (Å²) in [6.45, 7) is -0.524. The van der Waals surface area contributed by atoms with E-state index in [1.54, 1.807) is 0 Å². The van der Waals surface area contributed by atoms with Crippen LogP contribution >= 0.6 is 34.8 Å². The average Bonchev–Trinajstić information content (AvgIpc) is 2.61. The van der Waals surface area contributed by atoms with Crippen LogP contribution in [0.25, 0.3) is 0 Å². The number of halogens is 3. The van der Waals surface area contributed by atoms with Gasteiger partial charge in [0.1, 0.15) is 5.75 Å². The van der Waals surface area contributed by atoms with E-state index in [0.717, 1.165) is 0 Å². The van der Waals surface area contributed by atoms with Crippen molar-refractivity contribution >= 4 is 52.3 Å². The zero-order chi connectivity index (χ0) is 19.3. The van der Waals surface area contributed by atoms with Gasteiger partial charge in [0.2, 0.25) is 0 Å². The third-order valence-electron chi connectivity index (χ3n) is 2.92. The predicted octanol–water partition coefficient (Wildman–Crippen LogP) is 3.80. The quantitative estimate of drug-likeness (QED) is 0.190. The van der Waals surface area contributed by atoms with E-state index >= 15 is 0 Å². The first-order valence-electron chi connectivity index (χ1n) is 6.83. The van der Waals surface area contributed by atoms with Crippen molar-refractivity contribution in [2.45, 2.75) is 0 Å². The molecule has 0 saturated carbocycles. The maximum atomic E-state index is 11.7. The van der Waals surface area contributed by atoms with Gasteiger partial charge in [0.15, 0.2) is 12.4 Å². The molecule has 0 unspecified atom stereocenters. The van der Waals surface area contributed by atoms with Crippen molar-refractivity contribution in [2.24, 2.45) is 10.9 Å². The minimum Gasteiger partial charge on any atom is -0.480 e. The summed E-state index contributed by atoms with van der Waals surface area (Å²) in [5.41, 5.74) is 5.68. The van der Waals surface area contributed by atoms with Crippen molar-refractivity contribution in [3.63, 3.8) is 0 Å². The largest absolute Gasteiger partial charge is 0.480 e. The number of benzene rings is 2. The molecule has 0 amide bonds. The SMILES string of the molecule is NC(=NOC(=O)COc1cc(Cl)c(Cl)cc1Cl)c1cccc([N+](=O)[O-])c1. The monoisotopic (exact) mass is 417 g/mol. The lowest BCUT2D eigenvalue weighted by molar-refractivity contribution is -0.384. The molecule has 2 rings (SSSR count). The zero-order valence-electron chi connectivity index (χ0n) is 12.8. The van der Waals surface area contributed by atoms with Crippen molar-refractivity contribution in [3.8, 4) is 5.75 Å². The number of oxime groups is 1. The molecule has 0 atom stereocenters. The molecule has 11 heteroatoms. The average molecular weight is 419 g/mol. The van der Waals surface area contributed by atoms with Crippen LogP contribution in [-0.4, -0.2) is 23.3 Å². The number of ether oxygens (including phenoxy) is 1. The van der Waals surface area contributed by atoms with Gasteiger partial charge in [-0.1, -0.05) is 52.1 Å². The van der Waals surface area contributed by atoms with Gasteiger partial charge in [-0.3, -0.25) is 10.1 Å². The van der Waals surface area contributed by atoms with Crippen molar-refractivity contribution in [1.29, 1.82) is 0 Å². The number of nitro benzene ring substituents is 1. The fraction of sp³-hybridized carbons (Fsp3) is 0.0667. The first-order valence-corrected chi connectivity index (χ1v) is 7.97. The highest BCUT2D eigenvalue weighted by molar-refractivity contribution is 6.43. The van der Waals surface area contributed by atoms with Crippen molar-refractivity contribution < 1.29 is 19.3 Å². The van der Waals surface area contributed by atoms with Gasteiger partial charge in [0, 0.05) is 23.8 Å². The predicted molar refractivity (Wildman–Crippen MR) is 96.9 cm³/mol. The summed E-state index contributed by atoms with van der Waals surface area (Å²) in [4.78, 5) is 26.4. The van der Waals surface area contributed by atoms with Crippen LogP contribution in [0.15, 0.2) is 41.6 Å². The Kier molecular flexibility index (Phi) is 6.62. The van der Waals surface area contributed by atoms with Crippen LogP contribution in [0, 0.1) is 10.1 Å². The number of nitro groups is 1. The summed E-state index contributed by atoms with van der Waals surface area (Å²) < 4.78 is 5.17. The molecular formula is C15H10Cl3N3O5. The number of carbonyl (C=O) groups excluding carboxylic acids is 1.